The van der Waals surface area contributed by atoms with Crippen molar-refractivity contribution in [2.24, 2.45) is 0 Å². The highest BCUT2D eigenvalue weighted by atomic mass is 16.5. The summed E-state index contributed by atoms with van der Waals surface area (Å²) in [4.78, 5) is 25.1. The normalized spacial score (nSPS) is 11.2. The van der Waals surface area contributed by atoms with Crippen molar-refractivity contribution in [3.05, 3.63) is 81.8 Å². The van der Waals surface area contributed by atoms with Crippen molar-refractivity contribution in [3.63, 3.8) is 0 Å². The summed E-state index contributed by atoms with van der Waals surface area (Å²) in [5.74, 6) is -0.481. The van der Waals surface area contributed by atoms with Crippen molar-refractivity contribution >= 4 is 27.8 Å². The van der Waals surface area contributed by atoms with Crippen LogP contribution >= 0.6 is 0 Å². The number of hydrogen-bond acceptors (Lipinski definition) is 4. The highest BCUT2D eigenvalue weighted by molar-refractivity contribution is 6.11. The second kappa shape index (κ2) is 6.76. The van der Waals surface area contributed by atoms with Gasteiger partial charge in [-0.3, -0.25) is 0 Å². The molecule has 0 unspecified atom stereocenters. The molecule has 0 atom stereocenters. The molecule has 4 rings (SSSR count). The van der Waals surface area contributed by atoms with E-state index in [1.807, 2.05) is 54.0 Å². The molecule has 136 valence electrons. The molecule has 4 aromatic rings. The van der Waals surface area contributed by atoms with Gasteiger partial charge in [0.25, 0.3) is 0 Å². The average Bonchev–Trinajstić information content (AvgIpc) is 2.95. The van der Waals surface area contributed by atoms with Crippen LogP contribution in [0.25, 0.3) is 21.9 Å². The zero-order valence-corrected chi connectivity index (χ0v) is 15.2. The van der Waals surface area contributed by atoms with E-state index in [9.17, 15) is 9.59 Å². The molecule has 0 N–H and O–H groups in total. The summed E-state index contributed by atoms with van der Waals surface area (Å²) in [7, 11) is 0. The summed E-state index contributed by atoms with van der Waals surface area (Å²) >= 11 is 0. The molecule has 2 heterocycles. The molecule has 0 radical (unpaired) electrons. The summed E-state index contributed by atoms with van der Waals surface area (Å²) in [5, 5.41) is 1.26. The second-order valence-corrected chi connectivity index (χ2v) is 6.37. The number of benzene rings is 2. The fourth-order valence-corrected chi connectivity index (χ4v) is 3.50. The van der Waals surface area contributed by atoms with Gasteiger partial charge in [-0.15, -0.1) is 0 Å². The zero-order valence-electron chi connectivity index (χ0n) is 15.2. The molecule has 0 saturated heterocycles. The number of ether oxygens (including phenoxy) is 1. The smallest absolute Gasteiger partial charge is 0.344 e. The first-order valence-electron chi connectivity index (χ1n) is 8.87. The number of aromatic nitrogens is 1. The molecule has 0 spiro atoms. The van der Waals surface area contributed by atoms with Gasteiger partial charge >= 0.3 is 11.6 Å². The highest BCUT2D eigenvalue weighted by Gasteiger charge is 2.25. The maximum absolute atomic E-state index is 12.6. The minimum Gasteiger partial charge on any atom is -0.462 e. The number of esters is 1. The molecule has 2 aromatic heterocycles. The van der Waals surface area contributed by atoms with Crippen LogP contribution in [0.5, 0.6) is 0 Å². The lowest BCUT2D eigenvalue weighted by Crippen LogP contribution is -2.08. The lowest BCUT2D eigenvalue weighted by atomic mass is 10.1. The topological polar surface area (TPSA) is 61.4 Å². The van der Waals surface area contributed by atoms with Gasteiger partial charge in [0, 0.05) is 17.6 Å². The summed E-state index contributed by atoms with van der Waals surface area (Å²) < 4.78 is 12.8. The maximum Gasteiger partial charge on any atom is 0.344 e. The fourth-order valence-electron chi connectivity index (χ4n) is 3.50. The van der Waals surface area contributed by atoms with Crippen molar-refractivity contribution in [1.29, 1.82) is 0 Å². The quantitative estimate of drug-likeness (QED) is 0.509. The molecule has 27 heavy (non-hydrogen) atoms. The van der Waals surface area contributed by atoms with Gasteiger partial charge in [-0.25, -0.2) is 9.59 Å². The van der Waals surface area contributed by atoms with Crippen molar-refractivity contribution in [3.8, 4) is 0 Å². The Morgan fingerprint density at radius 1 is 1.04 bits per heavy atom. The number of carbonyl (C=O) groups excluding carboxylic acids is 1. The van der Waals surface area contributed by atoms with Crippen LogP contribution in [-0.4, -0.2) is 17.1 Å². The maximum atomic E-state index is 12.6. The number of carbonyl (C=O) groups is 1. The van der Waals surface area contributed by atoms with Gasteiger partial charge in [0.05, 0.1) is 17.5 Å². The number of fused-ring (bicyclic) bond motifs is 3. The molecule has 2 aromatic carbocycles. The Bertz CT molecular complexity index is 1200. The molecule has 0 bridgehead atoms. The first-order chi connectivity index (χ1) is 13.1. The van der Waals surface area contributed by atoms with E-state index in [1.165, 1.54) is 0 Å². The Kier molecular flexibility index (Phi) is 4.28. The third-order valence-corrected chi connectivity index (χ3v) is 4.74. The van der Waals surface area contributed by atoms with Gasteiger partial charge in [0.2, 0.25) is 0 Å². The van der Waals surface area contributed by atoms with Crippen molar-refractivity contribution in [1.82, 2.24) is 4.57 Å². The van der Waals surface area contributed by atoms with E-state index in [0.29, 0.717) is 23.2 Å². The van der Waals surface area contributed by atoms with Crippen LogP contribution in [0.1, 0.15) is 28.5 Å². The predicted octanol–water partition coefficient (Wildman–Crippen LogP) is 4.28. The average molecular weight is 361 g/mol. The van der Waals surface area contributed by atoms with Gasteiger partial charge in [-0.05, 0) is 25.5 Å². The van der Waals surface area contributed by atoms with Crippen molar-refractivity contribution in [2.75, 3.05) is 6.61 Å². The predicted molar refractivity (Wildman–Crippen MR) is 104 cm³/mol. The minimum absolute atomic E-state index is 0.251. The Morgan fingerprint density at radius 2 is 1.70 bits per heavy atom. The summed E-state index contributed by atoms with van der Waals surface area (Å²) in [6.07, 6.45) is 0. The molecule has 0 aliphatic carbocycles. The molecule has 0 amide bonds. The van der Waals surface area contributed by atoms with Crippen LogP contribution in [0.3, 0.4) is 0 Å². The third kappa shape index (κ3) is 2.81. The SMILES string of the molecule is CCOC(=O)c1c(C)n(Cc2ccccc2)c2c1oc(=O)c1ccccc12. The lowest BCUT2D eigenvalue weighted by molar-refractivity contribution is 0.0526. The highest BCUT2D eigenvalue weighted by Crippen LogP contribution is 2.31. The first kappa shape index (κ1) is 17.1. The molecule has 0 saturated carbocycles. The monoisotopic (exact) mass is 361 g/mol. The lowest BCUT2D eigenvalue weighted by Gasteiger charge is -2.10. The van der Waals surface area contributed by atoms with Crippen molar-refractivity contribution < 1.29 is 13.9 Å². The molecule has 5 nitrogen and oxygen atoms in total. The zero-order chi connectivity index (χ0) is 19.0. The van der Waals surface area contributed by atoms with Gasteiger partial charge in [-0.2, -0.15) is 0 Å². The number of nitrogens with zero attached hydrogens (tertiary/aromatic N) is 1. The number of rotatable bonds is 4. The van der Waals surface area contributed by atoms with E-state index in [4.69, 9.17) is 9.15 Å². The Hall–Kier alpha value is -3.34. The van der Waals surface area contributed by atoms with Crippen LogP contribution in [0.15, 0.2) is 63.8 Å². The molecule has 0 aliphatic heterocycles. The van der Waals surface area contributed by atoms with E-state index < -0.39 is 11.6 Å². The molecule has 0 aliphatic rings. The van der Waals surface area contributed by atoms with Crippen LogP contribution in [0, 0.1) is 6.92 Å². The van der Waals surface area contributed by atoms with E-state index >= 15 is 0 Å². The van der Waals surface area contributed by atoms with Crippen LogP contribution < -0.4 is 5.63 Å². The summed E-state index contributed by atoms with van der Waals surface area (Å²) in [5.41, 5.74) is 2.67. The summed E-state index contributed by atoms with van der Waals surface area (Å²) in [6, 6.07) is 17.2. The van der Waals surface area contributed by atoms with Crippen LogP contribution in [0.4, 0.5) is 0 Å². The second-order valence-electron chi connectivity index (χ2n) is 6.37. The molecule has 0 fully saturated rings. The van der Waals surface area contributed by atoms with Gasteiger partial charge < -0.3 is 13.7 Å². The largest absolute Gasteiger partial charge is 0.462 e. The molecular weight excluding hydrogens is 342 g/mol. The third-order valence-electron chi connectivity index (χ3n) is 4.74. The van der Waals surface area contributed by atoms with E-state index in [0.717, 1.165) is 16.5 Å². The Morgan fingerprint density at radius 3 is 2.41 bits per heavy atom. The molecule has 5 heteroatoms. The molecular formula is C22H19NO4. The Balaban J connectivity index is 2.09. The fraction of sp³-hybridized carbons (Fsp3) is 0.182. The van der Waals surface area contributed by atoms with Gasteiger partial charge in [0.1, 0.15) is 5.56 Å². The van der Waals surface area contributed by atoms with Gasteiger partial charge in [-0.1, -0.05) is 48.5 Å². The van der Waals surface area contributed by atoms with Crippen LogP contribution in [-0.2, 0) is 11.3 Å². The van der Waals surface area contributed by atoms with Crippen LogP contribution in [0.2, 0.25) is 0 Å². The van der Waals surface area contributed by atoms with E-state index in [-0.39, 0.29) is 12.2 Å². The number of hydrogen-bond donors (Lipinski definition) is 0. The summed E-state index contributed by atoms with van der Waals surface area (Å²) in [6.45, 7) is 4.41. The standard InChI is InChI=1S/C22H19NO4/c1-3-26-22(25)18-14(2)23(13-15-9-5-4-6-10-15)19-16-11-7-8-12-17(16)21(24)27-20(18)19/h4-12H,3,13H2,1-2H3. The van der Waals surface area contributed by atoms with Gasteiger partial charge in [0.15, 0.2) is 5.58 Å². The minimum atomic E-state index is -0.481. The Labute approximate surface area is 155 Å². The first-order valence-corrected chi connectivity index (χ1v) is 8.87. The van der Waals surface area contributed by atoms with Crippen molar-refractivity contribution in [2.45, 2.75) is 20.4 Å². The van der Waals surface area contributed by atoms with E-state index in [1.54, 1.807) is 19.1 Å². The van der Waals surface area contributed by atoms with E-state index in [2.05, 4.69) is 0 Å².